The fourth-order valence-corrected chi connectivity index (χ4v) is 6.20. The minimum atomic E-state index is -1.57. The molecule has 2 unspecified atom stereocenters. The van der Waals surface area contributed by atoms with E-state index in [-0.39, 0.29) is 17.8 Å². The predicted molar refractivity (Wildman–Crippen MR) is 174 cm³/mol. The molecule has 236 valence electrons. The number of carboxylic acids is 1. The third-order valence-corrected chi connectivity index (χ3v) is 8.33. The highest BCUT2D eigenvalue weighted by molar-refractivity contribution is 6.08. The van der Waals surface area contributed by atoms with Crippen molar-refractivity contribution < 1.29 is 39.1 Å². The number of hydrogen-bond donors (Lipinski definition) is 3. The van der Waals surface area contributed by atoms with Crippen molar-refractivity contribution in [3.05, 3.63) is 142 Å². The molecule has 4 aromatic rings. The number of aliphatic carboxylic acids is 1. The standard InChI is InChI=1S/C20H20O4.C18H16O4/c1-4-24-19(21)18-17(13-8-6-5-7-9-13)15-11-10-14(23-3)12-16(15)20(18,2)22;1-18(21)14-10-12(22-2)8-9-13(14)15(16(18)17(19)20)11-6-4-3-5-7-11/h5-12,22H,4H2,1-3H3;3-10,21H,1-2H3,(H,19,20). The summed E-state index contributed by atoms with van der Waals surface area (Å²) in [5.74, 6) is -0.417. The Hall–Kier alpha value is -5.18. The number of hydrogen-bond acceptors (Lipinski definition) is 7. The summed E-state index contributed by atoms with van der Waals surface area (Å²) >= 11 is 0. The van der Waals surface area contributed by atoms with Gasteiger partial charge in [-0.25, -0.2) is 9.59 Å². The van der Waals surface area contributed by atoms with Crippen LogP contribution in [-0.4, -0.2) is 48.1 Å². The monoisotopic (exact) mass is 620 g/mol. The van der Waals surface area contributed by atoms with Crippen LogP contribution in [0.4, 0.5) is 0 Å². The van der Waals surface area contributed by atoms with E-state index in [4.69, 9.17) is 14.2 Å². The molecule has 0 spiro atoms. The van der Waals surface area contributed by atoms with Gasteiger partial charge in [-0.15, -0.1) is 0 Å². The molecular formula is C38H36O8. The van der Waals surface area contributed by atoms with Crippen molar-refractivity contribution in [3.63, 3.8) is 0 Å². The summed E-state index contributed by atoms with van der Waals surface area (Å²) in [6.45, 7) is 5.12. The molecule has 6 rings (SSSR count). The molecule has 8 heteroatoms. The summed E-state index contributed by atoms with van der Waals surface area (Å²) in [5, 5.41) is 31.6. The zero-order chi connectivity index (χ0) is 33.2. The number of aliphatic hydroxyl groups is 2. The molecule has 3 N–H and O–H groups in total. The van der Waals surface area contributed by atoms with Crippen LogP contribution in [0.5, 0.6) is 11.5 Å². The summed E-state index contributed by atoms with van der Waals surface area (Å²) in [4.78, 5) is 24.4. The molecule has 8 nitrogen and oxygen atoms in total. The average molecular weight is 621 g/mol. The van der Waals surface area contributed by atoms with Crippen molar-refractivity contribution in [2.24, 2.45) is 0 Å². The van der Waals surface area contributed by atoms with Gasteiger partial charge in [-0.05, 0) is 78.4 Å². The maximum Gasteiger partial charge on any atom is 0.337 e. The van der Waals surface area contributed by atoms with Gasteiger partial charge in [0.1, 0.15) is 22.7 Å². The summed E-state index contributed by atoms with van der Waals surface area (Å²) < 4.78 is 15.7. The van der Waals surface area contributed by atoms with Gasteiger partial charge < -0.3 is 29.5 Å². The normalized spacial score (nSPS) is 19.5. The molecule has 2 atom stereocenters. The third-order valence-electron chi connectivity index (χ3n) is 8.33. The lowest BCUT2D eigenvalue weighted by molar-refractivity contribution is -0.141. The first-order valence-electron chi connectivity index (χ1n) is 14.8. The van der Waals surface area contributed by atoms with Gasteiger partial charge >= 0.3 is 11.9 Å². The quantitative estimate of drug-likeness (QED) is 0.213. The molecule has 2 aliphatic carbocycles. The number of benzene rings is 4. The lowest BCUT2D eigenvalue weighted by Crippen LogP contribution is -2.27. The summed E-state index contributed by atoms with van der Waals surface area (Å²) in [6.07, 6.45) is 0. The van der Waals surface area contributed by atoms with E-state index in [1.807, 2.05) is 72.8 Å². The minimum Gasteiger partial charge on any atom is -0.497 e. The number of fused-ring (bicyclic) bond motifs is 2. The van der Waals surface area contributed by atoms with Gasteiger partial charge in [-0.1, -0.05) is 72.8 Å². The van der Waals surface area contributed by atoms with Gasteiger partial charge in [0.25, 0.3) is 0 Å². The Labute approximate surface area is 267 Å². The number of carbonyl (C=O) groups is 2. The largest absolute Gasteiger partial charge is 0.497 e. The van der Waals surface area contributed by atoms with Crippen LogP contribution in [0, 0.1) is 0 Å². The van der Waals surface area contributed by atoms with Gasteiger partial charge in [-0.3, -0.25) is 0 Å². The zero-order valence-electron chi connectivity index (χ0n) is 26.3. The highest BCUT2D eigenvalue weighted by Gasteiger charge is 2.46. The van der Waals surface area contributed by atoms with Crippen LogP contribution in [0.1, 0.15) is 54.2 Å². The van der Waals surface area contributed by atoms with Crippen molar-refractivity contribution in [2.45, 2.75) is 32.0 Å². The fraction of sp³-hybridized carbons (Fsp3) is 0.211. The predicted octanol–water partition coefficient (Wildman–Crippen LogP) is 6.08. The summed E-state index contributed by atoms with van der Waals surface area (Å²) in [6, 6.07) is 29.5. The number of methoxy groups -OCH3 is 2. The van der Waals surface area contributed by atoms with E-state index >= 15 is 0 Å². The van der Waals surface area contributed by atoms with Crippen LogP contribution in [0.15, 0.2) is 108 Å². The van der Waals surface area contributed by atoms with Gasteiger partial charge in [0.2, 0.25) is 0 Å². The average Bonchev–Trinajstić information content (AvgIpc) is 3.44. The lowest BCUT2D eigenvalue weighted by atomic mass is 9.92. The first-order valence-corrected chi connectivity index (χ1v) is 14.8. The molecule has 0 aromatic heterocycles. The van der Waals surface area contributed by atoms with Crippen LogP contribution in [-0.2, 0) is 25.5 Å². The first kappa shape index (κ1) is 32.2. The lowest BCUT2D eigenvalue weighted by Gasteiger charge is -2.22. The van der Waals surface area contributed by atoms with Gasteiger partial charge in [0, 0.05) is 11.1 Å². The zero-order valence-corrected chi connectivity index (χ0v) is 26.3. The molecule has 0 saturated carbocycles. The van der Waals surface area contributed by atoms with E-state index in [1.54, 1.807) is 45.2 Å². The van der Waals surface area contributed by atoms with Gasteiger partial charge in [-0.2, -0.15) is 0 Å². The van der Waals surface area contributed by atoms with Crippen LogP contribution in [0.25, 0.3) is 11.1 Å². The number of esters is 1. The molecule has 46 heavy (non-hydrogen) atoms. The van der Waals surface area contributed by atoms with Gasteiger partial charge in [0.05, 0.1) is 32.0 Å². The summed E-state index contributed by atoms with van der Waals surface area (Å²) in [5.41, 5.74) is 2.85. The molecule has 4 aromatic carbocycles. The molecule has 0 fully saturated rings. The van der Waals surface area contributed by atoms with E-state index in [9.17, 15) is 24.9 Å². The number of rotatable bonds is 7. The summed E-state index contributed by atoms with van der Waals surface area (Å²) in [7, 11) is 3.11. The first-order chi connectivity index (χ1) is 22.0. The van der Waals surface area contributed by atoms with Crippen molar-refractivity contribution in [1.82, 2.24) is 0 Å². The second-order valence-electron chi connectivity index (χ2n) is 11.2. The highest BCUT2D eigenvalue weighted by Crippen LogP contribution is 2.50. The van der Waals surface area contributed by atoms with E-state index < -0.39 is 23.1 Å². The number of ether oxygens (including phenoxy) is 3. The Balaban J connectivity index is 0.000000182. The van der Waals surface area contributed by atoms with E-state index in [1.165, 1.54) is 14.0 Å². The van der Waals surface area contributed by atoms with Crippen LogP contribution in [0.2, 0.25) is 0 Å². The van der Waals surface area contributed by atoms with E-state index in [0.29, 0.717) is 33.8 Å². The Kier molecular flexibility index (Phi) is 8.87. The number of carbonyl (C=O) groups excluding carboxylic acids is 1. The fourth-order valence-electron chi connectivity index (χ4n) is 6.20. The molecular weight excluding hydrogens is 584 g/mol. The van der Waals surface area contributed by atoms with Crippen LogP contribution < -0.4 is 9.47 Å². The molecule has 0 radical (unpaired) electrons. The SMILES string of the molecule is CCOC(=O)C1=C(c2ccccc2)c2ccc(OC)cc2C1(C)O.COc1ccc2c(c1)C(C)(O)C(C(=O)O)=C2c1ccccc1. The van der Waals surface area contributed by atoms with Crippen LogP contribution in [0.3, 0.4) is 0 Å². The molecule has 0 bridgehead atoms. The van der Waals surface area contributed by atoms with E-state index in [0.717, 1.165) is 22.3 Å². The van der Waals surface area contributed by atoms with E-state index in [2.05, 4.69) is 0 Å². The van der Waals surface area contributed by atoms with Crippen molar-refractivity contribution in [3.8, 4) is 11.5 Å². The Bertz CT molecular complexity index is 1850. The van der Waals surface area contributed by atoms with Crippen molar-refractivity contribution in [2.75, 3.05) is 20.8 Å². The third kappa shape index (κ3) is 5.57. The Morgan fingerprint density at radius 1 is 0.652 bits per heavy atom. The molecule has 0 amide bonds. The van der Waals surface area contributed by atoms with Gasteiger partial charge in [0.15, 0.2) is 0 Å². The maximum atomic E-state index is 12.6. The highest BCUT2D eigenvalue weighted by atomic mass is 16.5. The topological polar surface area (TPSA) is 123 Å². The molecule has 0 heterocycles. The van der Waals surface area contributed by atoms with Crippen molar-refractivity contribution >= 4 is 23.1 Å². The molecule has 0 saturated heterocycles. The number of carboxylic acid groups (broad SMARTS) is 1. The van der Waals surface area contributed by atoms with Crippen LogP contribution >= 0.6 is 0 Å². The molecule has 0 aliphatic heterocycles. The maximum absolute atomic E-state index is 12.6. The Morgan fingerprint density at radius 2 is 1.07 bits per heavy atom. The smallest absolute Gasteiger partial charge is 0.337 e. The minimum absolute atomic E-state index is 0.0121. The molecule has 2 aliphatic rings. The Morgan fingerprint density at radius 3 is 1.46 bits per heavy atom. The second-order valence-corrected chi connectivity index (χ2v) is 11.2. The second kappa shape index (κ2) is 12.7. The van der Waals surface area contributed by atoms with Crippen molar-refractivity contribution in [1.29, 1.82) is 0 Å².